The van der Waals surface area contributed by atoms with Gasteiger partial charge in [0.15, 0.2) is 16.3 Å². The summed E-state index contributed by atoms with van der Waals surface area (Å²) in [7, 11) is 1.60. The number of nitrogens with one attached hydrogen (secondary N) is 1. The normalized spacial score (nSPS) is 10.5. The lowest BCUT2D eigenvalue weighted by atomic mass is 10.3. The number of halogens is 1. The highest BCUT2D eigenvalue weighted by molar-refractivity contribution is 9.10. The Morgan fingerprint density at radius 2 is 2.09 bits per heavy atom. The van der Waals surface area contributed by atoms with Crippen LogP contribution in [0.1, 0.15) is 16.4 Å². The van der Waals surface area contributed by atoms with Crippen molar-refractivity contribution in [3.05, 3.63) is 52.7 Å². The van der Waals surface area contributed by atoms with Gasteiger partial charge in [0, 0.05) is 0 Å². The van der Waals surface area contributed by atoms with Crippen LogP contribution in [0.3, 0.4) is 0 Å². The van der Waals surface area contributed by atoms with E-state index >= 15 is 0 Å². The van der Waals surface area contributed by atoms with Crippen molar-refractivity contribution in [2.45, 2.75) is 6.54 Å². The molecule has 0 atom stereocenters. The molecule has 2 aromatic heterocycles. The summed E-state index contributed by atoms with van der Waals surface area (Å²) < 4.78 is 12.3. The predicted octanol–water partition coefficient (Wildman–Crippen LogP) is 1.96. The largest absolute Gasteiger partial charge is 0.497 e. The van der Waals surface area contributed by atoms with Crippen LogP contribution in [0.25, 0.3) is 5.69 Å². The number of ether oxygens (including phenoxy) is 1. The Balaban J connectivity index is 1.72. The van der Waals surface area contributed by atoms with Crippen molar-refractivity contribution in [2.75, 3.05) is 7.11 Å². The van der Waals surface area contributed by atoms with Crippen LogP contribution in [0.5, 0.6) is 5.75 Å². The summed E-state index contributed by atoms with van der Waals surface area (Å²) >= 11 is 3.15. The molecule has 0 saturated heterocycles. The molecule has 0 fully saturated rings. The summed E-state index contributed by atoms with van der Waals surface area (Å²) in [5.74, 6) is 1.09. The van der Waals surface area contributed by atoms with E-state index in [1.165, 1.54) is 4.68 Å². The third-order valence-corrected chi connectivity index (χ3v) is 3.48. The maximum absolute atomic E-state index is 12.0. The van der Waals surface area contributed by atoms with E-state index in [1.54, 1.807) is 31.4 Å². The number of tetrazole rings is 1. The van der Waals surface area contributed by atoms with Crippen molar-refractivity contribution in [3.8, 4) is 11.4 Å². The highest BCUT2D eigenvalue weighted by Crippen LogP contribution is 2.15. The zero-order valence-electron chi connectivity index (χ0n) is 12.1. The number of nitrogens with zero attached hydrogens (tertiary/aromatic N) is 4. The molecule has 1 amide bonds. The van der Waals surface area contributed by atoms with Gasteiger partial charge < -0.3 is 14.5 Å². The van der Waals surface area contributed by atoms with Crippen molar-refractivity contribution < 1.29 is 13.9 Å². The Morgan fingerprint density at radius 3 is 2.74 bits per heavy atom. The highest BCUT2D eigenvalue weighted by Gasteiger charge is 2.13. The van der Waals surface area contributed by atoms with Crippen LogP contribution in [0.4, 0.5) is 0 Å². The van der Waals surface area contributed by atoms with Crippen LogP contribution in [0.2, 0.25) is 0 Å². The second-order valence-electron chi connectivity index (χ2n) is 4.49. The van der Waals surface area contributed by atoms with Gasteiger partial charge in [-0.1, -0.05) is 0 Å². The molecule has 0 aliphatic heterocycles. The van der Waals surface area contributed by atoms with Gasteiger partial charge in [0.05, 0.1) is 19.3 Å². The average Bonchev–Trinajstić information content (AvgIpc) is 3.21. The number of hydrogen-bond acceptors (Lipinski definition) is 6. The molecular formula is C14H12BrN5O3. The van der Waals surface area contributed by atoms with Crippen LogP contribution < -0.4 is 10.1 Å². The smallest absolute Gasteiger partial charge is 0.287 e. The summed E-state index contributed by atoms with van der Waals surface area (Å²) in [6, 6.07) is 10.5. The van der Waals surface area contributed by atoms with E-state index in [0.29, 0.717) is 10.5 Å². The Hall–Kier alpha value is -2.68. The van der Waals surface area contributed by atoms with Gasteiger partial charge in [-0.05, 0) is 62.8 Å². The number of methoxy groups -OCH3 is 1. The number of rotatable bonds is 5. The van der Waals surface area contributed by atoms with Gasteiger partial charge in [-0.25, -0.2) is 0 Å². The van der Waals surface area contributed by atoms with Crippen molar-refractivity contribution in [3.63, 3.8) is 0 Å². The summed E-state index contributed by atoms with van der Waals surface area (Å²) in [6.45, 7) is 0.163. The van der Waals surface area contributed by atoms with Crippen LogP contribution in [0, 0.1) is 0 Å². The summed E-state index contributed by atoms with van der Waals surface area (Å²) in [5.41, 5.74) is 0.765. The fourth-order valence-electron chi connectivity index (χ4n) is 1.92. The Kier molecular flexibility index (Phi) is 4.38. The lowest BCUT2D eigenvalue weighted by Gasteiger charge is -2.06. The van der Waals surface area contributed by atoms with Crippen LogP contribution in [-0.4, -0.2) is 33.2 Å². The molecule has 2 heterocycles. The van der Waals surface area contributed by atoms with E-state index in [9.17, 15) is 4.79 Å². The molecule has 0 aliphatic rings. The van der Waals surface area contributed by atoms with Crippen LogP contribution in [0.15, 0.2) is 45.5 Å². The lowest BCUT2D eigenvalue weighted by molar-refractivity contribution is 0.0920. The maximum atomic E-state index is 12.0. The number of furan rings is 1. The van der Waals surface area contributed by atoms with Crippen molar-refractivity contribution in [1.82, 2.24) is 25.5 Å². The monoisotopic (exact) mass is 377 g/mol. The van der Waals surface area contributed by atoms with E-state index in [1.807, 2.05) is 12.1 Å². The predicted molar refractivity (Wildman–Crippen MR) is 83.3 cm³/mol. The molecule has 3 rings (SSSR count). The SMILES string of the molecule is COc1ccc(-n2nnnc2CNC(=O)c2ccc(Br)o2)cc1. The molecule has 0 aliphatic carbocycles. The Labute approximate surface area is 139 Å². The maximum Gasteiger partial charge on any atom is 0.287 e. The Bertz CT molecular complexity index is 812. The van der Waals surface area contributed by atoms with Crippen LogP contribution in [-0.2, 0) is 6.54 Å². The van der Waals surface area contributed by atoms with Gasteiger partial charge in [0.1, 0.15) is 5.75 Å². The molecule has 1 aromatic carbocycles. The van der Waals surface area contributed by atoms with Crippen molar-refractivity contribution >= 4 is 21.8 Å². The molecule has 8 nitrogen and oxygen atoms in total. The van der Waals surface area contributed by atoms with Gasteiger partial charge in [-0.3, -0.25) is 4.79 Å². The number of hydrogen-bond donors (Lipinski definition) is 1. The molecule has 0 saturated carbocycles. The number of benzene rings is 1. The second kappa shape index (κ2) is 6.61. The molecule has 0 radical (unpaired) electrons. The quantitative estimate of drug-likeness (QED) is 0.729. The standard InChI is InChI=1S/C14H12BrN5O3/c1-22-10-4-2-9(3-5-10)20-13(17-18-19-20)8-16-14(21)11-6-7-12(15)23-11/h2-7H,8H2,1H3,(H,16,21). The summed E-state index contributed by atoms with van der Waals surface area (Å²) in [4.78, 5) is 12.0. The third-order valence-electron chi connectivity index (χ3n) is 3.06. The molecule has 0 bridgehead atoms. The van der Waals surface area contributed by atoms with Gasteiger partial charge in [0.25, 0.3) is 5.91 Å². The molecule has 23 heavy (non-hydrogen) atoms. The minimum atomic E-state index is -0.347. The molecule has 9 heteroatoms. The van der Waals surface area contributed by atoms with Gasteiger partial charge in [0.2, 0.25) is 0 Å². The van der Waals surface area contributed by atoms with Crippen LogP contribution >= 0.6 is 15.9 Å². The average molecular weight is 378 g/mol. The topological polar surface area (TPSA) is 95.1 Å². The van der Waals surface area contributed by atoms with Crippen molar-refractivity contribution in [2.24, 2.45) is 0 Å². The number of carbonyl (C=O) groups excluding carboxylic acids is 1. The second-order valence-corrected chi connectivity index (χ2v) is 5.27. The van der Waals surface area contributed by atoms with Gasteiger partial charge in [-0.15, -0.1) is 5.10 Å². The first-order valence-electron chi connectivity index (χ1n) is 6.62. The third kappa shape index (κ3) is 3.39. The number of carbonyl (C=O) groups is 1. The van der Waals surface area contributed by atoms with E-state index in [2.05, 4.69) is 36.8 Å². The van der Waals surface area contributed by atoms with Crippen molar-refractivity contribution in [1.29, 1.82) is 0 Å². The molecule has 0 unspecified atom stereocenters. The minimum Gasteiger partial charge on any atom is -0.497 e. The summed E-state index contributed by atoms with van der Waals surface area (Å²) in [5, 5.41) is 14.2. The Morgan fingerprint density at radius 1 is 1.30 bits per heavy atom. The summed E-state index contributed by atoms with van der Waals surface area (Å²) in [6.07, 6.45) is 0. The first-order chi connectivity index (χ1) is 11.2. The molecule has 118 valence electrons. The minimum absolute atomic E-state index is 0.163. The fourth-order valence-corrected chi connectivity index (χ4v) is 2.23. The highest BCUT2D eigenvalue weighted by atomic mass is 79.9. The zero-order chi connectivity index (χ0) is 16.2. The number of amides is 1. The molecule has 0 spiro atoms. The van der Waals surface area contributed by atoms with E-state index in [0.717, 1.165) is 11.4 Å². The van der Waals surface area contributed by atoms with Gasteiger partial charge in [-0.2, -0.15) is 4.68 Å². The van der Waals surface area contributed by atoms with E-state index < -0.39 is 0 Å². The molecule has 1 N–H and O–H groups in total. The van der Waals surface area contributed by atoms with Gasteiger partial charge >= 0.3 is 0 Å². The van der Waals surface area contributed by atoms with E-state index in [-0.39, 0.29) is 18.2 Å². The first kappa shape index (κ1) is 15.2. The van der Waals surface area contributed by atoms with E-state index in [4.69, 9.17) is 9.15 Å². The zero-order valence-corrected chi connectivity index (χ0v) is 13.6. The molecule has 3 aromatic rings. The molecular weight excluding hydrogens is 366 g/mol. The lowest BCUT2D eigenvalue weighted by Crippen LogP contribution is -2.24. The fraction of sp³-hybridized carbons (Fsp3) is 0.143. The first-order valence-corrected chi connectivity index (χ1v) is 7.42. The number of aromatic nitrogens is 4.